The van der Waals surface area contributed by atoms with E-state index in [0.717, 1.165) is 35.2 Å². The molecule has 4 heteroatoms. The summed E-state index contributed by atoms with van der Waals surface area (Å²) in [6, 6.07) is 6.20. The van der Waals surface area contributed by atoms with Gasteiger partial charge in [0.25, 0.3) is 0 Å². The summed E-state index contributed by atoms with van der Waals surface area (Å²) in [6.45, 7) is 7.38. The number of benzene rings is 1. The SMILES string of the molecule is CC(C)N(C)CCCCNCc1cc(Cl)ccc1Cl. The van der Waals surface area contributed by atoms with Crippen LogP contribution >= 0.6 is 23.2 Å². The van der Waals surface area contributed by atoms with Crippen LogP contribution in [0.2, 0.25) is 10.0 Å². The molecule has 1 aromatic rings. The monoisotopic (exact) mass is 302 g/mol. The molecule has 0 bridgehead atoms. The quantitative estimate of drug-likeness (QED) is 0.724. The minimum atomic E-state index is 0.623. The van der Waals surface area contributed by atoms with Crippen LogP contribution in [0.25, 0.3) is 0 Å². The lowest BCUT2D eigenvalue weighted by molar-refractivity contribution is 0.268. The molecule has 2 nitrogen and oxygen atoms in total. The lowest BCUT2D eigenvalue weighted by Crippen LogP contribution is -2.27. The standard InChI is InChI=1S/C15H24Cl2N2/c1-12(2)19(3)9-5-4-8-18-11-13-10-14(16)6-7-15(13)17/h6-7,10,12,18H,4-5,8-9,11H2,1-3H3. The van der Waals surface area contributed by atoms with E-state index in [1.165, 1.54) is 12.8 Å². The second kappa shape index (κ2) is 8.80. The Kier molecular flexibility index (Phi) is 7.77. The van der Waals surface area contributed by atoms with Crippen LogP contribution < -0.4 is 5.32 Å². The molecular formula is C15H24Cl2N2. The second-order valence-corrected chi connectivity index (χ2v) is 6.04. The molecule has 0 aromatic heterocycles. The van der Waals surface area contributed by atoms with Gasteiger partial charge in [0.05, 0.1) is 0 Å². The third-order valence-corrected chi connectivity index (χ3v) is 3.92. The summed E-state index contributed by atoms with van der Waals surface area (Å²) in [6.07, 6.45) is 2.39. The first-order valence-corrected chi connectivity index (χ1v) is 7.61. The van der Waals surface area contributed by atoms with Gasteiger partial charge in [-0.05, 0) is 70.6 Å². The van der Waals surface area contributed by atoms with Gasteiger partial charge in [-0.2, -0.15) is 0 Å². The van der Waals surface area contributed by atoms with E-state index < -0.39 is 0 Å². The van der Waals surface area contributed by atoms with Crippen LogP contribution in [0.4, 0.5) is 0 Å². The molecule has 19 heavy (non-hydrogen) atoms. The van der Waals surface area contributed by atoms with Crippen LogP contribution in [0.15, 0.2) is 18.2 Å². The highest BCUT2D eigenvalue weighted by Gasteiger charge is 2.03. The smallest absolute Gasteiger partial charge is 0.0451 e. The summed E-state index contributed by atoms with van der Waals surface area (Å²) in [5, 5.41) is 4.92. The maximum absolute atomic E-state index is 6.11. The third kappa shape index (κ3) is 6.62. The van der Waals surface area contributed by atoms with Gasteiger partial charge in [0.1, 0.15) is 0 Å². The molecule has 0 fully saturated rings. The van der Waals surface area contributed by atoms with Crippen LogP contribution in [-0.4, -0.2) is 31.1 Å². The topological polar surface area (TPSA) is 15.3 Å². The van der Waals surface area contributed by atoms with E-state index in [0.29, 0.717) is 6.04 Å². The van der Waals surface area contributed by atoms with Crippen molar-refractivity contribution >= 4 is 23.2 Å². The molecule has 1 N–H and O–H groups in total. The van der Waals surface area contributed by atoms with Crippen LogP contribution in [0.3, 0.4) is 0 Å². The van der Waals surface area contributed by atoms with Gasteiger partial charge >= 0.3 is 0 Å². The van der Waals surface area contributed by atoms with Gasteiger partial charge in [0, 0.05) is 22.6 Å². The van der Waals surface area contributed by atoms with E-state index in [2.05, 4.69) is 31.1 Å². The highest BCUT2D eigenvalue weighted by Crippen LogP contribution is 2.20. The van der Waals surface area contributed by atoms with Crippen LogP contribution in [-0.2, 0) is 6.54 Å². The average molecular weight is 303 g/mol. The van der Waals surface area contributed by atoms with Crippen molar-refractivity contribution in [2.75, 3.05) is 20.1 Å². The molecule has 1 aromatic carbocycles. The molecule has 0 unspecified atom stereocenters. The molecule has 0 saturated carbocycles. The number of halogens is 2. The van der Waals surface area contributed by atoms with Crippen molar-refractivity contribution in [2.24, 2.45) is 0 Å². The first kappa shape index (κ1) is 16.8. The van der Waals surface area contributed by atoms with E-state index in [4.69, 9.17) is 23.2 Å². The maximum Gasteiger partial charge on any atom is 0.0451 e. The molecule has 0 aliphatic carbocycles. The zero-order valence-electron chi connectivity index (χ0n) is 12.0. The van der Waals surface area contributed by atoms with Gasteiger partial charge in [-0.25, -0.2) is 0 Å². The number of nitrogens with one attached hydrogen (secondary N) is 1. The minimum absolute atomic E-state index is 0.623. The molecule has 0 saturated heterocycles. The van der Waals surface area contributed by atoms with E-state index in [1.54, 1.807) is 0 Å². The Labute approximate surface area is 127 Å². The first-order valence-electron chi connectivity index (χ1n) is 6.85. The van der Waals surface area contributed by atoms with Crippen molar-refractivity contribution in [3.63, 3.8) is 0 Å². The predicted molar refractivity (Wildman–Crippen MR) is 85.2 cm³/mol. The molecule has 0 spiro atoms. The van der Waals surface area contributed by atoms with Crippen LogP contribution in [0, 0.1) is 0 Å². The molecule has 0 atom stereocenters. The molecule has 0 aliphatic heterocycles. The normalized spacial score (nSPS) is 11.5. The zero-order valence-corrected chi connectivity index (χ0v) is 13.6. The highest BCUT2D eigenvalue weighted by atomic mass is 35.5. The molecule has 108 valence electrons. The molecule has 0 heterocycles. The number of unbranched alkanes of at least 4 members (excludes halogenated alkanes) is 1. The lowest BCUT2D eigenvalue weighted by Gasteiger charge is -2.20. The van der Waals surface area contributed by atoms with Crippen LogP contribution in [0.5, 0.6) is 0 Å². The average Bonchev–Trinajstić information content (AvgIpc) is 2.37. The predicted octanol–water partition coefficient (Wildman–Crippen LogP) is 4.20. The van der Waals surface area contributed by atoms with Gasteiger partial charge in [-0.15, -0.1) is 0 Å². The van der Waals surface area contributed by atoms with Gasteiger partial charge in [0.15, 0.2) is 0 Å². The fourth-order valence-electron chi connectivity index (χ4n) is 1.77. The Morgan fingerprint density at radius 3 is 2.63 bits per heavy atom. The third-order valence-electron chi connectivity index (χ3n) is 3.32. The summed E-state index contributed by atoms with van der Waals surface area (Å²) in [5.41, 5.74) is 1.06. The van der Waals surface area contributed by atoms with Crippen molar-refractivity contribution < 1.29 is 0 Å². The molecular weight excluding hydrogens is 279 g/mol. The fraction of sp³-hybridized carbons (Fsp3) is 0.600. The summed E-state index contributed by atoms with van der Waals surface area (Å²) >= 11 is 12.1. The van der Waals surface area contributed by atoms with Crippen molar-refractivity contribution in [2.45, 2.75) is 39.3 Å². The molecule has 0 amide bonds. The molecule has 0 aliphatic rings. The van der Waals surface area contributed by atoms with Gasteiger partial charge < -0.3 is 10.2 Å². The van der Waals surface area contributed by atoms with Gasteiger partial charge in [-0.3, -0.25) is 0 Å². The Balaban J connectivity index is 2.16. The van der Waals surface area contributed by atoms with Crippen molar-refractivity contribution in [1.82, 2.24) is 10.2 Å². The summed E-state index contributed by atoms with van der Waals surface area (Å²) in [5.74, 6) is 0. The van der Waals surface area contributed by atoms with Crippen molar-refractivity contribution in [1.29, 1.82) is 0 Å². The number of hydrogen-bond acceptors (Lipinski definition) is 2. The largest absolute Gasteiger partial charge is 0.313 e. The summed E-state index contributed by atoms with van der Waals surface area (Å²) in [7, 11) is 2.17. The second-order valence-electron chi connectivity index (χ2n) is 5.19. The Morgan fingerprint density at radius 2 is 1.95 bits per heavy atom. The summed E-state index contributed by atoms with van der Waals surface area (Å²) in [4.78, 5) is 2.37. The molecule has 1 rings (SSSR count). The lowest BCUT2D eigenvalue weighted by atomic mass is 10.2. The van der Waals surface area contributed by atoms with E-state index in [-0.39, 0.29) is 0 Å². The molecule has 0 radical (unpaired) electrons. The number of rotatable bonds is 8. The minimum Gasteiger partial charge on any atom is -0.313 e. The Morgan fingerprint density at radius 1 is 1.21 bits per heavy atom. The Bertz CT molecular complexity index is 380. The van der Waals surface area contributed by atoms with Crippen molar-refractivity contribution in [3.8, 4) is 0 Å². The zero-order chi connectivity index (χ0) is 14.3. The van der Waals surface area contributed by atoms with E-state index >= 15 is 0 Å². The van der Waals surface area contributed by atoms with Crippen molar-refractivity contribution in [3.05, 3.63) is 33.8 Å². The van der Waals surface area contributed by atoms with Gasteiger partial charge in [-0.1, -0.05) is 23.2 Å². The maximum atomic E-state index is 6.11. The first-order chi connectivity index (χ1) is 9.00. The highest BCUT2D eigenvalue weighted by molar-refractivity contribution is 6.33. The fourth-order valence-corrected chi connectivity index (χ4v) is 2.15. The number of hydrogen-bond donors (Lipinski definition) is 1. The Hall–Kier alpha value is -0.280. The summed E-state index contributed by atoms with van der Waals surface area (Å²) < 4.78 is 0. The number of nitrogens with zero attached hydrogens (tertiary/aromatic N) is 1. The van der Waals surface area contributed by atoms with E-state index in [9.17, 15) is 0 Å². The van der Waals surface area contributed by atoms with Crippen LogP contribution in [0.1, 0.15) is 32.3 Å². The van der Waals surface area contributed by atoms with Gasteiger partial charge in [0.2, 0.25) is 0 Å². The van der Waals surface area contributed by atoms with E-state index in [1.807, 2.05) is 18.2 Å².